The normalized spacial score (nSPS) is 17.6. The molecule has 2 aromatic carbocycles. The van der Waals surface area contributed by atoms with Gasteiger partial charge in [0, 0.05) is 47.8 Å². The van der Waals surface area contributed by atoms with E-state index in [1.165, 1.54) is 23.0 Å². The van der Waals surface area contributed by atoms with Crippen molar-refractivity contribution < 1.29 is 186 Å². The van der Waals surface area contributed by atoms with Gasteiger partial charge in [-0.3, -0.25) is 18.6 Å². The maximum Gasteiger partial charge on any atom is 1.00 e. The van der Waals surface area contributed by atoms with Gasteiger partial charge in [-0.15, -0.1) is 0 Å². The largest absolute Gasteiger partial charge is 1.00 e. The molecule has 20 nitrogen and oxygen atoms in total. The summed E-state index contributed by atoms with van der Waals surface area (Å²) in [6, 6.07) is 7.85. The van der Waals surface area contributed by atoms with Crippen LogP contribution in [-0.2, 0) is 38.1 Å². The van der Waals surface area contributed by atoms with E-state index in [4.69, 9.17) is 28.4 Å². The van der Waals surface area contributed by atoms with E-state index in [2.05, 4.69) is 66.7 Å². The minimum absolute atomic E-state index is 0. The number of aromatic nitrogens is 8. The van der Waals surface area contributed by atoms with Gasteiger partial charge in [0.25, 0.3) is 27.7 Å². The molecule has 0 unspecified atom stereocenters. The molecule has 0 atom stereocenters. The molecule has 6 aromatic rings. The topological polar surface area (TPSA) is 262 Å². The first-order valence-corrected chi connectivity index (χ1v) is 23.5. The fourth-order valence-corrected chi connectivity index (χ4v) is 8.41. The van der Waals surface area contributed by atoms with E-state index in [0.717, 1.165) is 70.4 Å². The second kappa shape index (κ2) is 29.1. The van der Waals surface area contributed by atoms with E-state index >= 15 is 0 Å². The zero-order valence-electron chi connectivity index (χ0n) is 39.0. The van der Waals surface area contributed by atoms with Gasteiger partial charge in [0.05, 0.1) is 41.9 Å². The number of aromatic hydroxyl groups is 1. The Bertz CT molecular complexity index is 2790. The van der Waals surface area contributed by atoms with Crippen molar-refractivity contribution in [2.75, 3.05) is 6.26 Å². The molecule has 0 saturated heterocycles. The fourth-order valence-electron chi connectivity index (χ4n) is 6.86. The molecular weight excluding hydrogens is 1270 g/mol. The van der Waals surface area contributed by atoms with Crippen LogP contribution in [0.15, 0.2) is 80.0 Å². The second-order valence-corrected chi connectivity index (χ2v) is 18.5. The minimum Gasteiger partial charge on any atom is -1.00 e. The first-order chi connectivity index (χ1) is 30.9. The predicted molar refractivity (Wildman–Crippen MR) is 243 cm³/mol. The monoisotopic (exact) mass is 1310 g/mol. The Labute approximate surface area is 522 Å². The molecule has 2 aliphatic rings. The van der Waals surface area contributed by atoms with E-state index in [1.807, 2.05) is 26.0 Å². The summed E-state index contributed by atoms with van der Waals surface area (Å²) in [5, 5.41) is 18.1. The minimum atomic E-state index is -3.37. The van der Waals surface area contributed by atoms with Gasteiger partial charge in [-0.2, -0.15) is 8.42 Å². The molecule has 2 aliphatic carbocycles. The van der Waals surface area contributed by atoms with Crippen LogP contribution >= 0.6 is 31.9 Å². The van der Waals surface area contributed by atoms with Crippen LogP contribution < -0.4 is 168 Å². The third-order valence-corrected chi connectivity index (χ3v) is 11.5. The van der Waals surface area contributed by atoms with Crippen molar-refractivity contribution in [3.05, 3.63) is 102 Å². The summed E-state index contributed by atoms with van der Waals surface area (Å²) in [6.45, 7) is 3.68. The molecule has 0 aliphatic heterocycles. The molecule has 67 heavy (non-hydrogen) atoms. The number of hydrogen-bond acceptors (Lipinski definition) is 18. The van der Waals surface area contributed by atoms with Crippen molar-refractivity contribution in [2.45, 2.75) is 89.6 Å². The number of phenolic OH excluding ortho intramolecular Hbond substituents is 1. The molecule has 4 heterocycles. The van der Waals surface area contributed by atoms with Crippen molar-refractivity contribution in [2.24, 2.45) is 14.1 Å². The number of hydrogen-bond donors (Lipinski definition) is 1. The first-order valence-electron chi connectivity index (χ1n) is 20.1. The van der Waals surface area contributed by atoms with Crippen LogP contribution in [0, 0.1) is 13.8 Å². The van der Waals surface area contributed by atoms with E-state index in [1.54, 1.807) is 49.5 Å². The number of halogens is 2. The van der Waals surface area contributed by atoms with Gasteiger partial charge in [0.2, 0.25) is 0 Å². The van der Waals surface area contributed by atoms with Crippen LogP contribution in [0.5, 0.6) is 23.5 Å². The van der Waals surface area contributed by atoms with Crippen LogP contribution in [0.25, 0.3) is 22.1 Å². The molecule has 0 radical (unpaired) electrons. The Hall–Kier alpha value is -1.52. The number of phenols is 1. The molecule has 2 saturated carbocycles. The molecular formula is C42H48Br2Cs2N8O12S. The Morgan fingerprint density at radius 2 is 1.03 bits per heavy atom. The Morgan fingerprint density at radius 1 is 0.657 bits per heavy atom. The molecule has 350 valence electrons. The molecule has 8 rings (SSSR count). The fraction of sp³-hybridized carbons (Fsp3) is 0.405. The summed E-state index contributed by atoms with van der Waals surface area (Å²) < 4.78 is 49.4. The average molecular weight is 1310 g/mol. The van der Waals surface area contributed by atoms with E-state index in [-0.39, 0.29) is 187 Å². The van der Waals surface area contributed by atoms with Crippen LogP contribution in [-0.4, -0.2) is 89.7 Å². The number of rotatable bonds is 9. The van der Waals surface area contributed by atoms with Crippen LogP contribution in [0.3, 0.4) is 0 Å². The maximum absolute atomic E-state index is 12.0. The van der Waals surface area contributed by atoms with E-state index < -0.39 is 10.1 Å². The second-order valence-electron chi connectivity index (χ2n) is 15.1. The van der Waals surface area contributed by atoms with E-state index in [9.17, 15) is 23.1 Å². The zero-order valence-corrected chi connectivity index (χ0v) is 54.5. The average Bonchev–Trinajstić information content (AvgIpc) is 3.26. The number of aryl methyl sites for hydroxylation is 4. The van der Waals surface area contributed by atoms with Crippen molar-refractivity contribution in [3.63, 3.8) is 0 Å². The van der Waals surface area contributed by atoms with Crippen LogP contribution in [0.4, 0.5) is 0 Å². The molecule has 1 N–H and O–H groups in total. The number of carbonyl (C=O) groups is 1. The number of fused-ring (bicyclic) bond motifs is 2. The molecule has 2 fully saturated rings. The Balaban J connectivity index is 0.000000347. The van der Waals surface area contributed by atoms with Gasteiger partial charge in [-0.1, -0.05) is 31.9 Å². The van der Waals surface area contributed by atoms with Crippen molar-refractivity contribution >= 4 is 70.5 Å². The summed E-state index contributed by atoms with van der Waals surface area (Å²) in [7, 11) is -0.0377. The Kier molecular flexibility index (Phi) is 26.0. The quantitative estimate of drug-likeness (QED) is 0.0786. The van der Waals surface area contributed by atoms with Gasteiger partial charge < -0.3 is 40.0 Å². The zero-order chi connectivity index (χ0) is 47.3. The third kappa shape index (κ3) is 19.2. The number of carbonyl (C=O) groups excluding carboxylic acids is 1. The van der Waals surface area contributed by atoms with Crippen molar-refractivity contribution in [1.82, 2.24) is 39.0 Å². The van der Waals surface area contributed by atoms with Crippen LogP contribution in [0.1, 0.15) is 63.9 Å². The number of ether oxygens (including phenoxy) is 3. The van der Waals surface area contributed by atoms with Gasteiger partial charge in [-0.25, -0.2) is 29.9 Å². The first kappa shape index (κ1) is 59.8. The summed E-state index contributed by atoms with van der Waals surface area (Å²) in [6.07, 6.45) is 16.8. The van der Waals surface area contributed by atoms with Gasteiger partial charge in [0.15, 0.2) is 0 Å². The third-order valence-electron chi connectivity index (χ3n) is 9.96. The predicted octanol–water partition coefficient (Wildman–Crippen LogP) is -1.03. The SMILES string of the molecule is Cc1cnc(OC2CCC(OS(C)(=O)=O)CC2)nc1.Cc1cnc(OC2CCC(Oc3cc(Br)cc4ncc(=O)n(C)c34)CC2)nc1.Cn1c(=O)cnc2cc(Br)cc(O)c21.O=CO[O-].[Cs+].[Cs+].[H-]. The molecule has 0 spiro atoms. The summed E-state index contributed by atoms with van der Waals surface area (Å²) in [5.41, 5.74) is 4.05. The Morgan fingerprint density at radius 3 is 1.45 bits per heavy atom. The summed E-state index contributed by atoms with van der Waals surface area (Å²) in [5.74, 6) is 0.713. The van der Waals surface area contributed by atoms with E-state index in [0.29, 0.717) is 47.2 Å². The summed E-state index contributed by atoms with van der Waals surface area (Å²) in [4.78, 5) is 59.3. The van der Waals surface area contributed by atoms with Gasteiger partial charge >= 0.3 is 150 Å². The number of nitrogens with zero attached hydrogens (tertiary/aromatic N) is 8. The van der Waals surface area contributed by atoms with Gasteiger partial charge in [-0.05, 0) is 101 Å². The van der Waals surface area contributed by atoms with Gasteiger partial charge in [0.1, 0.15) is 34.7 Å². The van der Waals surface area contributed by atoms with Crippen molar-refractivity contribution in [1.29, 1.82) is 0 Å². The maximum atomic E-state index is 12.0. The standard InChI is InChI=1S/C20H21BrN4O3.C12H18N2O4S.C9H7BrN2O2.CH2O3.2Cs.H/c1-12-9-23-20(24-10-12)28-15-5-3-14(4-6-15)27-17-8-13(21)7-16-19(17)25(2)18(26)11-22-16;1-9-7-13-12(14-8-9)17-10-3-5-11(6-4-10)18-19(2,15)16;1-12-8(14)4-11-6-2-5(10)3-7(13)9(6)12;2-1-4-3;;;/h7-11,14-15H,3-6H2,1-2H3;7-8,10-11H,3-6H2,1-2H3;2-4,13H,1H3;1,3H;;;/q;;;;2*+1;-1/p-1. The molecule has 0 amide bonds. The number of benzene rings is 2. The van der Waals surface area contributed by atoms with Crippen LogP contribution in [0.2, 0.25) is 0 Å². The van der Waals surface area contributed by atoms with Crippen molar-refractivity contribution in [3.8, 4) is 23.5 Å². The molecule has 0 bridgehead atoms. The molecule has 25 heteroatoms. The smallest absolute Gasteiger partial charge is 1.00 e. The molecule has 4 aromatic heterocycles. The summed E-state index contributed by atoms with van der Waals surface area (Å²) >= 11 is 6.74.